The van der Waals surface area contributed by atoms with E-state index < -0.39 is 11.7 Å². The van der Waals surface area contributed by atoms with E-state index in [0.717, 1.165) is 5.56 Å². The Kier molecular flexibility index (Phi) is 4.27. The van der Waals surface area contributed by atoms with Crippen molar-refractivity contribution < 1.29 is 37.3 Å². The SMILES string of the molecule is O=C(N[C@H]1CCO[C@@H](c2ccc3c(c2)OCO3)C1)C1(c2ccc3c(c2)OC(F)(F)O3)CC1. The van der Waals surface area contributed by atoms with Crippen LogP contribution >= 0.6 is 0 Å². The van der Waals surface area contributed by atoms with Crippen molar-refractivity contribution in [1.82, 2.24) is 5.32 Å². The van der Waals surface area contributed by atoms with E-state index in [1.54, 1.807) is 6.07 Å². The van der Waals surface area contributed by atoms with Crippen molar-refractivity contribution >= 4 is 5.91 Å². The van der Waals surface area contributed by atoms with Crippen molar-refractivity contribution in [3.05, 3.63) is 47.5 Å². The first-order valence-corrected chi connectivity index (χ1v) is 10.6. The molecule has 2 aromatic rings. The van der Waals surface area contributed by atoms with Crippen LogP contribution in [0.25, 0.3) is 0 Å². The summed E-state index contributed by atoms with van der Waals surface area (Å²) in [5, 5.41) is 3.16. The molecule has 4 aliphatic rings. The molecule has 32 heavy (non-hydrogen) atoms. The van der Waals surface area contributed by atoms with Crippen molar-refractivity contribution in [2.75, 3.05) is 13.4 Å². The molecular weight excluding hydrogens is 424 g/mol. The molecule has 7 nitrogen and oxygen atoms in total. The zero-order valence-corrected chi connectivity index (χ0v) is 17.1. The number of hydrogen-bond acceptors (Lipinski definition) is 6. The minimum Gasteiger partial charge on any atom is -0.454 e. The van der Waals surface area contributed by atoms with Crippen LogP contribution in [0.5, 0.6) is 23.0 Å². The van der Waals surface area contributed by atoms with E-state index in [9.17, 15) is 13.6 Å². The lowest BCUT2D eigenvalue weighted by molar-refractivity contribution is -0.286. The second-order valence-corrected chi connectivity index (χ2v) is 8.58. The Balaban J connectivity index is 1.15. The minimum atomic E-state index is -3.67. The molecule has 6 rings (SSSR count). The predicted octanol–water partition coefficient (Wildman–Crippen LogP) is 3.80. The van der Waals surface area contributed by atoms with Crippen LogP contribution in [0.3, 0.4) is 0 Å². The number of ether oxygens (including phenoxy) is 5. The fraction of sp³-hybridized carbons (Fsp3) is 0.435. The van der Waals surface area contributed by atoms with E-state index in [4.69, 9.17) is 14.2 Å². The van der Waals surface area contributed by atoms with Gasteiger partial charge in [-0.05, 0) is 61.1 Å². The van der Waals surface area contributed by atoms with Gasteiger partial charge in [0, 0.05) is 12.6 Å². The van der Waals surface area contributed by atoms with E-state index in [1.807, 2.05) is 18.2 Å². The predicted molar refractivity (Wildman–Crippen MR) is 106 cm³/mol. The summed E-state index contributed by atoms with van der Waals surface area (Å²) in [5.74, 6) is 1.25. The summed E-state index contributed by atoms with van der Waals surface area (Å²) in [6, 6.07) is 10.3. The van der Waals surface area contributed by atoms with Gasteiger partial charge < -0.3 is 29.0 Å². The normalized spacial score (nSPS) is 25.9. The van der Waals surface area contributed by atoms with Gasteiger partial charge in [-0.3, -0.25) is 4.79 Å². The molecule has 0 spiro atoms. The number of rotatable bonds is 4. The number of fused-ring (bicyclic) bond motifs is 2. The van der Waals surface area contributed by atoms with E-state index in [0.29, 0.717) is 49.4 Å². The highest BCUT2D eigenvalue weighted by Gasteiger charge is 2.53. The molecule has 1 aliphatic carbocycles. The van der Waals surface area contributed by atoms with E-state index in [1.165, 1.54) is 12.1 Å². The van der Waals surface area contributed by atoms with Crippen molar-refractivity contribution in [2.24, 2.45) is 0 Å². The van der Waals surface area contributed by atoms with Gasteiger partial charge in [0.2, 0.25) is 12.7 Å². The monoisotopic (exact) mass is 445 g/mol. The molecule has 1 saturated heterocycles. The van der Waals surface area contributed by atoms with E-state index in [-0.39, 0.29) is 36.3 Å². The van der Waals surface area contributed by atoms with Crippen LogP contribution in [-0.4, -0.2) is 31.6 Å². The highest BCUT2D eigenvalue weighted by atomic mass is 19.3. The Labute approximate surface area is 182 Å². The van der Waals surface area contributed by atoms with Gasteiger partial charge in [0.25, 0.3) is 0 Å². The van der Waals surface area contributed by atoms with Gasteiger partial charge >= 0.3 is 6.29 Å². The smallest absolute Gasteiger partial charge is 0.454 e. The highest BCUT2D eigenvalue weighted by Crippen LogP contribution is 2.52. The minimum absolute atomic E-state index is 0.0223. The Morgan fingerprint density at radius 1 is 0.969 bits per heavy atom. The van der Waals surface area contributed by atoms with E-state index in [2.05, 4.69) is 14.8 Å². The topological polar surface area (TPSA) is 75.3 Å². The zero-order chi connectivity index (χ0) is 21.9. The molecule has 2 atom stereocenters. The third-order valence-electron chi connectivity index (χ3n) is 6.53. The molecule has 1 amide bonds. The number of nitrogens with one attached hydrogen (secondary N) is 1. The summed E-state index contributed by atoms with van der Waals surface area (Å²) < 4.78 is 52.5. The Morgan fingerprint density at radius 2 is 1.75 bits per heavy atom. The lowest BCUT2D eigenvalue weighted by Crippen LogP contribution is -2.44. The summed E-state index contributed by atoms with van der Waals surface area (Å²) >= 11 is 0. The Morgan fingerprint density at radius 3 is 2.59 bits per heavy atom. The van der Waals surface area contributed by atoms with Crippen LogP contribution in [0.2, 0.25) is 0 Å². The van der Waals surface area contributed by atoms with Crippen molar-refractivity contribution in [3.63, 3.8) is 0 Å². The van der Waals surface area contributed by atoms with Gasteiger partial charge in [-0.2, -0.15) is 0 Å². The second-order valence-electron chi connectivity index (χ2n) is 8.58. The van der Waals surface area contributed by atoms with Gasteiger partial charge in [0.15, 0.2) is 23.0 Å². The molecule has 168 valence electrons. The van der Waals surface area contributed by atoms with Crippen molar-refractivity contribution in [1.29, 1.82) is 0 Å². The molecule has 9 heteroatoms. The molecular formula is C23H21F2NO6. The lowest BCUT2D eigenvalue weighted by Gasteiger charge is -2.31. The first kappa shape index (κ1) is 19.6. The summed E-state index contributed by atoms with van der Waals surface area (Å²) in [6.45, 7) is 0.735. The van der Waals surface area contributed by atoms with Crippen molar-refractivity contribution in [3.8, 4) is 23.0 Å². The molecule has 1 N–H and O–H groups in total. The molecule has 0 radical (unpaired) electrons. The summed E-state index contributed by atoms with van der Waals surface area (Å²) in [4.78, 5) is 13.2. The first-order chi connectivity index (χ1) is 15.4. The van der Waals surface area contributed by atoms with Crippen molar-refractivity contribution in [2.45, 2.75) is 49.5 Å². The Hall–Kier alpha value is -3.07. The number of halogens is 2. The van der Waals surface area contributed by atoms with Crippen LogP contribution in [0.4, 0.5) is 8.78 Å². The number of benzene rings is 2. The average molecular weight is 445 g/mol. The van der Waals surface area contributed by atoms with Gasteiger partial charge in [0.05, 0.1) is 11.5 Å². The van der Waals surface area contributed by atoms with Gasteiger partial charge in [-0.1, -0.05) is 12.1 Å². The maximum Gasteiger partial charge on any atom is 0.586 e. The van der Waals surface area contributed by atoms with Gasteiger partial charge in [-0.25, -0.2) is 0 Å². The number of carbonyl (C=O) groups excluding carboxylic acids is 1. The third-order valence-corrected chi connectivity index (χ3v) is 6.53. The number of alkyl halides is 2. The molecule has 2 aromatic carbocycles. The quantitative estimate of drug-likeness (QED) is 0.772. The van der Waals surface area contributed by atoms with Gasteiger partial charge in [0.1, 0.15) is 0 Å². The summed E-state index contributed by atoms with van der Waals surface area (Å²) in [5.41, 5.74) is 0.920. The molecule has 2 fully saturated rings. The standard InChI is InChI=1S/C23H21F2NO6/c24-23(25)31-17-4-2-14(10-20(17)32-23)22(6-7-22)21(27)26-15-5-8-28-18(11-15)13-1-3-16-19(9-13)30-12-29-16/h1-4,9-10,15,18H,5-8,11-12H2,(H,26,27)/t15-,18+/m0/s1. The third kappa shape index (κ3) is 3.31. The highest BCUT2D eigenvalue weighted by molar-refractivity contribution is 5.91. The van der Waals surface area contributed by atoms with Crippen LogP contribution in [0.1, 0.15) is 42.9 Å². The van der Waals surface area contributed by atoms with Crippen LogP contribution in [0.15, 0.2) is 36.4 Å². The number of hydrogen-bond donors (Lipinski definition) is 1. The molecule has 0 aromatic heterocycles. The first-order valence-electron chi connectivity index (χ1n) is 10.6. The number of amides is 1. The maximum absolute atomic E-state index is 13.3. The molecule has 0 bridgehead atoms. The summed E-state index contributed by atoms with van der Waals surface area (Å²) in [6.07, 6.45) is -1.18. The summed E-state index contributed by atoms with van der Waals surface area (Å²) in [7, 11) is 0. The second kappa shape index (κ2) is 6.96. The van der Waals surface area contributed by atoms with Crippen LogP contribution in [-0.2, 0) is 14.9 Å². The molecule has 1 saturated carbocycles. The zero-order valence-electron chi connectivity index (χ0n) is 17.1. The average Bonchev–Trinajstić information content (AvgIpc) is 3.34. The largest absolute Gasteiger partial charge is 0.586 e. The fourth-order valence-electron chi connectivity index (χ4n) is 4.62. The van der Waals surface area contributed by atoms with E-state index >= 15 is 0 Å². The molecule has 3 heterocycles. The van der Waals surface area contributed by atoms with Crippen LogP contribution in [0, 0.1) is 0 Å². The van der Waals surface area contributed by atoms with Crippen LogP contribution < -0.4 is 24.3 Å². The molecule has 3 aliphatic heterocycles. The Bertz CT molecular complexity index is 1090. The fourth-order valence-corrected chi connectivity index (χ4v) is 4.62. The van der Waals surface area contributed by atoms with Gasteiger partial charge in [-0.15, -0.1) is 8.78 Å². The molecule has 0 unspecified atom stereocenters. The lowest BCUT2D eigenvalue weighted by atomic mass is 9.92. The number of carbonyl (C=O) groups is 1. The maximum atomic E-state index is 13.3.